The maximum absolute atomic E-state index is 5.49. The summed E-state index contributed by atoms with van der Waals surface area (Å²) in [6.07, 6.45) is 1.72. The molecule has 0 aliphatic carbocycles. The molecule has 0 bridgehead atoms. The van der Waals surface area contributed by atoms with Gasteiger partial charge in [0.1, 0.15) is 5.76 Å². The lowest BCUT2D eigenvalue weighted by Gasteiger charge is -2.22. The first kappa shape index (κ1) is 15.3. The zero-order chi connectivity index (χ0) is 13.8. The first-order chi connectivity index (χ1) is 9.08. The summed E-state index contributed by atoms with van der Waals surface area (Å²) < 4.78 is 7.74. The van der Waals surface area contributed by atoms with Gasteiger partial charge in [0, 0.05) is 22.4 Å². The molecule has 0 fully saturated rings. The quantitative estimate of drug-likeness (QED) is 0.775. The highest BCUT2D eigenvalue weighted by molar-refractivity contribution is 9.13. The molecule has 2 rings (SSSR count). The second kappa shape index (κ2) is 7.04. The van der Waals surface area contributed by atoms with Crippen LogP contribution in [-0.4, -0.2) is 25.5 Å². The molecule has 1 N–H and O–H groups in total. The number of hydrogen-bond donors (Lipinski definition) is 1. The number of likely N-dealkylation sites (N-methyl/N-ethyl adjacent to an activating group) is 1. The smallest absolute Gasteiger partial charge is 0.122 e. The van der Waals surface area contributed by atoms with Crippen molar-refractivity contribution in [2.75, 3.05) is 20.6 Å². The minimum atomic E-state index is 0.252. The van der Waals surface area contributed by atoms with E-state index in [-0.39, 0.29) is 6.04 Å². The maximum Gasteiger partial charge on any atom is 0.122 e. The Bertz CT molecular complexity index is 491. The minimum Gasteiger partial charge on any atom is -0.468 e. The SMILES string of the molecule is CN(C)C(CNCc1cc(Br)c(Br)s1)c1ccco1. The lowest BCUT2D eigenvalue weighted by Crippen LogP contribution is -2.30. The second-order valence-electron chi connectivity index (χ2n) is 4.46. The molecule has 0 spiro atoms. The van der Waals surface area contributed by atoms with Crippen molar-refractivity contribution in [3.63, 3.8) is 0 Å². The number of thiophene rings is 1. The summed E-state index contributed by atoms with van der Waals surface area (Å²) in [7, 11) is 4.13. The van der Waals surface area contributed by atoms with Crippen LogP contribution in [0.2, 0.25) is 0 Å². The molecule has 2 aromatic heterocycles. The molecule has 2 heterocycles. The molecule has 0 radical (unpaired) electrons. The number of rotatable bonds is 6. The van der Waals surface area contributed by atoms with E-state index in [1.165, 1.54) is 4.88 Å². The fraction of sp³-hybridized carbons (Fsp3) is 0.385. The normalized spacial score (nSPS) is 13.1. The highest BCUT2D eigenvalue weighted by Crippen LogP contribution is 2.32. The summed E-state index contributed by atoms with van der Waals surface area (Å²) in [4.78, 5) is 3.46. The molecule has 0 aliphatic heterocycles. The van der Waals surface area contributed by atoms with E-state index in [0.29, 0.717) is 0 Å². The van der Waals surface area contributed by atoms with Crippen molar-refractivity contribution in [3.8, 4) is 0 Å². The van der Waals surface area contributed by atoms with E-state index in [0.717, 1.165) is 27.1 Å². The molecule has 0 saturated carbocycles. The number of halogens is 2. The van der Waals surface area contributed by atoms with E-state index in [4.69, 9.17) is 4.42 Å². The zero-order valence-electron chi connectivity index (χ0n) is 10.8. The zero-order valence-corrected chi connectivity index (χ0v) is 14.8. The lowest BCUT2D eigenvalue weighted by atomic mass is 10.2. The molecule has 3 nitrogen and oxygen atoms in total. The van der Waals surface area contributed by atoms with Gasteiger partial charge < -0.3 is 9.73 Å². The van der Waals surface area contributed by atoms with E-state index in [1.807, 2.05) is 12.1 Å². The standard InChI is InChI=1S/C13H16Br2N2OS/c1-17(2)11(12-4-3-5-18-12)8-16-7-9-6-10(14)13(15)19-9/h3-6,11,16H,7-8H2,1-2H3. The monoisotopic (exact) mass is 406 g/mol. The molecule has 0 amide bonds. The summed E-state index contributed by atoms with van der Waals surface area (Å²) in [6.45, 7) is 1.72. The minimum absolute atomic E-state index is 0.252. The van der Waals surface area contributed by atoms with Gasteiger partial charge in [-0.05, 0) is 64.2 Å². The third kappa shape index (κ3) is 4.16. The van der Waals surface area contributed by atoms with Crippen LogP contribution in [0.25, 0.3) is 0 Å². The summed E-state index contributed by atoms with van der Waals surface area (Å²) in [6, 6.07) is 6.34. The van der Waals surface area contributed by atoms with E-state index in [1.54, 1.807) is 17.6 Å². The molecule has 0 aliphatic rings. The largest absolute Gasteiger partial charge is 0.468 e. The van der Waals surface area contributed by atoms with Crippen molar-refractivity contribution >= 4 is 43.2 Å². The van der Waals surface area contributed by atoms with Crippen LogP contribution in [0.3, 0.4) is 0 Å². The highest BCUT2D eigenvalue weighted by Gasteiger charge is 2.16. The summed E-state index contributed by atoms with van der Waals surface area (Å²) in [5.41, 5.74) is 0. The Morgan fingerprint density at radius 2 is 2.21 bits per heavy atom. The lowest BCUT2D eigenvalue weighted by molar-refractivity contribution is 0.250. The van der Waals surface area contributed by atoms with Crippen molar-refractivity contribution in [2.45, 2.75) is 12.6 Å². The average molecular weight is 408 g/mol. The molecular formula is C13H16Br2N2OS. The van der Waals surface area contributed by atoms with Gasteiger partial charge in [-0.3, -0.25) is 4.90 Å². The van der Waals surface area contributed by atoms with Gasteiger partial charge in [-0.1, -0.05) is 0 Å². The van der Waals surface area contributed by atoms with E-state index in [2.05, 4.69) is 62.2 Å². The van der Waals surface area contributed by atoms with Crippen molar-refractivity contribution in [2.24, 2.45) is 0 Å². The van der Waals surface area contributed by atoms with Gasteiger partial charge in [0.25, 0.3) is 0 Å². The van der Waals surface area contributed by atoms with Crippen LogP contribution in [0.5, 0.6) is 0 Å². The van der Waals surface area contributed by atoms with Crippen LogP contribution in [0, 0.1) is 0 Å². The van der Waals surface area contributed by atoms with Gasteiger partial charge in [-0.15, -0.1) is 11.3 Å². The predicted molar refractivity (Wildman–Crippen MR) is 86.6 cm³/mol. The molecule has 0 aromatic carbocycles. The fourth-order valence-electron chi connectivity index (χ4n) is 1.83. The third-order valence-corrected chi connectivity index (χ3v) is 6.08. The van der Waals surface area contributed by atoms with E-state index < -0.39 is 0 Å². The van der Waals surface area contributed by atoms with Gasteiger partial charge in [-0.2, -0.15) is 0 Å². The second-order valence-corrected chi connectivity index (χ2v) is 7.77. The van der Waals surface area contributed by atoms with Gasteiger partial charge in [0.15, 0.2) is 0 Å². The number of nitrogens with zero attached hydrogens (tertiary/aromatic N) is 1. The van der Waals surface area contributed by atoms with Crippen LogP contribution in [0.1, 0.15) is 16.7 Å². The number of furan rings is 1. The van der Waals surface area contributed by atoms with Crippen LogP contribution in [0.15, 0.2) is 37.1 Å². The van der Waals surface area contributed by atoms with Crippen molar-refractivity contribution in [1.82, 2.24) is 10.2 Å². The topological polar surface area (TPSA) is 28.4 Å². The highest BCUT2D eigenvalue weighted by atomic mass is 79.9. The fourth-order valence-corrected chi connectivity index (χ4v) is 3.98. The molecule has 6 heteroatoms. The molecule has 19 heavy (non-hydrogen) atoms. The molecule has 1 unspecified atom stereocenters. The Morgan fingerprint density at radius 3 is 2.74 bits per heavy atom. The molecular weight excluding hydrogens is 392 g/mol. The van der Waals surface area contributed by atoms with Gasteiger partial charge in [0.05, 0.1) is 16.1 Å². The Labute approximate surface area is 134 Å². The molecule has 1 atom stereocenters. The Hall–Kier alpha value is -0.140. The Balaban J connectivity index is 1.89. The first-order valence-electron chi connectivity index (χ1n) is 5.92. The Morgan fingerprint density at radius 1 is 1.42 bits per heavy atom. The van der Waals surface area contributed by atoms with Crippen LogP contribution in [0.4, 0.5) is 0 Å². The first-order valence-corrected chi connectivity index (χ1v) is 8.32. The number of hydrogen-bond acceptors (Lipinski definition) is 4. The van der Waals surface area contributed by atoms with Crippen LogP contribution in [-0.2, 0) is 6.54 Å². The summed E-state index contributed by atoms with van der Waals surface area (Å²) in [5.74, 6) is 0.992. The summed E-state index contributed by atoms with van der Waals surface area (Å²) >= 11 is 8.76. The van der Waals surface area contributed by atoms with Crippen molar-refractivity contribution < 1.29 is 4.42 Å². The molecule has 0 saturated heterocycles. The van der Waals surface area contributed by atoms with Crippen LogP contribution < -0.4 is 5.32 Å². The van der Waals surface area contributed by atoms with Crippen LogP contribution >= 0.6 is 43.2 Å². The van der Waals surface area contributed by atoms with Gasteiger partial charge >= 0.3 is 0 Å². The van der Waals surface area contributed by atoms with Gasteiger partial charge in [-0.25, -0.2) is 0 Å². The van der Waals surface area contributed by atoms with Gasteiger partial charge in [0.2, 0.25) is 0 Å². The predicted octanol–water partition coefficient (Wildman–Crippen LogP) is 4.26. The molecule has 2 aromatic rings. The number of nitrogens with one attached hydrogen (secondary N) is 1. The van der Waals surface area contributed by atoms with E-state index in [9.17, 15) is 0 Å². The average Bonchev–Trinajstić information content (AvgIpc) is 2.96. The summed E-state index contributed by atoms with van der Waals surface area (Å²) in [5, 5.41) is 3.48. The van der Waals surface area contributed by atoms with Crippen molar-refractivity contribution in [1.29, 1.82) is 0 Å². The van der Waals surface area contributed by atoms with E-state index >= 15 is 0 Å². The maximum atomic E-state index is 5.49. The third-order valence-electron chi connectivity index (χ3n) is 2.83. The Kier molecular flexibility index (Phi) is 5.65. The van der Waals surface area contributed by atoms with Crippen molar-refractivity contribution in [3.05, 3.63) is 43.4 Å². The molecule has 104 valence electrons.